The lowest BCUT2D eigenvalue weighted by Crippen LogP contribution is -2.02. The molecule has 0 bridgehead atoms. The Bertz CT molecular complexity index is 323. The number of rotatable bonds is 3. The van der Waals surface area contributed by atoms with Gasteiger partial charge in [0.2, 0.25) is 0 Å². The highest BCUT2D eigenvalue weighted by molar-refractivity contribution is 5.91. The number of alkyl halides is 1. The van der Waals surface area contributed by atoms with Crippen molar-refractivity contribution in [2.24, 2.45) is 0 Å². The maximum atomic E-state index is 12.3. The molecule has 13 heavy (non-hydrogen) atoms. The van der Waals surface area contributed by atoms with E-state index in [0.717, 1.165) is 0 Å². The fourth-order valence-corrected chi connectivity index (χ4v) is 1.10. The van der Waals surface area contributed by atoms with E-state index in [0.29, 0.717) is 0 Å². The lowest BCUT2D eigenvalue weighted by molar-refractivity contribution is 0.0693. The summed E-state index contributed by atoms with van der Waals surface area (Å²) in [4.78, 5) is 10.6. The van der Waals surface area contributed by atoms with E-state index >= 15 is 0 Å². The smallest absolute Gasteiger partial charge is 0.339 e. The predicted octanol–water partition coefficient (Wildman–Crippen LogP) is 1.86. The number of carboxylic acids is 1. The summed E-state index contributed by atoms with van der Waals surface area (Å²) in [6.45, 7) is -0.732. The molecule has 0 aliphatic carbocycles. The highest BCUT2D eigenvalue weighted by Gasteiger charge is 2.13. The van der Waals surface area contributed by atoms with Crippen LogP contribution in [0, 0.1) is 0 Å². The van der Waals surface area contributed by atoms with Crippen molar-refractivity contribution in [1.29, 1.82) is 0 Å². The first-order valence-corrected chi connectivity index (χ1v) is 3.65. The Balaban J connectivity index is 3.27. The van der Waals surface area contributed by atoms with Crippen molar-refractivity contribution < 1.29 is 19.0 Å². The van der Waals surface area contributed by atoms with Gasteiger partial charge in [-0.05, 0) is 6.07 Å². The second-order valence-electron chi connectivity index (χ2n) is 2.44. The molecule has 3 nitrogen and oxygen atoms in total. The van der Waals surface area contributed by atoms with E-state index in [1.807, 2.05) is 0 Å². The molecule has 0 fully saturated rings. The maximum absolute atomic E-state index is 12.3. The van der Waals surface area contributed by atoms with E-state index < -0.39 is 12.6 Å². The number of carboxylic acid groups (broad SMARTS) is 1. The quantitative estimate of drug-likeness (QED) is 0.779. The van der Waals surface area contributed by atoms with Gasteiger partial charge in [-0.3, -0.25) is 0 Å². The zero-order chi connectivity index (χ0) is 9.84. The summed E-state index contributed by atoms with van der Waals surface area (Å²) in [5, 5.41) is 8.71. The third kappa shape index (κ3) is 1.77. The van der Waals surface area contributed by atoms with Gasteiger partial charge >= 0.3 is 5.97 Å². The monoisotopic (exact) mass is 184 g/mol. The summed E-state index contributed by atoms with van der Waals surface area (Å²) >= 11 is 0. The van der Waals surface area contributed by atoms with Gasteiger partial charge in [0.15, 0.2) is 0 Å². The third-order valence-corrected chi connectivity index (χ3v) is 1.68. The molecular weight excluding hydrogens is 175 g/mol. The minimum absolute atomic E-state index is 0.0161. The van der Waals surface area contributed by atoms with Crippen molar-refractivity contribution >= 4 is 5.97 Å². The van der Waals surface area contributed by atoms with Crippen molar-refractivity contribution in [3.63, 3.8) is 0 Å². The number of methoxy groups -OCH3 is 1. The van der Waals surface area contributed by atoms with Crippen LogP contribution >= 0.6 is 0 Å². The SMILES string of the molecule is COc1c(CF)cccc1C(=O)O. The van der Waals surface area contributed by atoms with Crippen LogP contribution in [-0.4, -0.2) is 18.2 Å². The summed E-state index contributed by atoms with van der Waals surface area (Å²) < 4.78 is 17.2. The maximum Gasteiger partial charge on any atom is 0.339 e. The predicted molar refractivity (Wildman–Crippen MR) is 44.8 cm³/mol. The normalized spacial score (nSPS) is 9.69. The van der Waals surface area contributed by atoms with E-state index in [1.54, 1.807) is 0 Å². The summed E-state index contributed by atoms with van der Waals surface area (Å²) in [5.41, 5.74) is 0.236. The Hall–Kier alpha value is -1.58. The van der Waals surface area contributed by atoms with Gasteiger partial charge in [0.1, 0.15) is 18.0 Å². The van der Waals surface area contributed by atoms with E-state index in [4.69, 9.17) is 9.84 Å². The summed E-state index contributed by atoms with van der Waals surface area (Å²) in [6.07, 6.45) is 0. The number of halogens is 1. The summed E-state index contributed by atoms with van der Waals surface area (Å²) in [6, 6.07) is 4.35. The van der Waals surface area contributed by atoms with Crippen LogP contribution in [0.1, 0.15) is 15.9 Å². The highest BCUT2D eigenvalue weighted by Crippen LogP contribution is 2.24. The number of ether oxygens (including phenoxy) is 1. The minimum atomic E-state index is -1.12. The Labute approximate surface area is 74.8 Å². The van der Waals surface area contributed by atoms with Crippen LogP contribution in [0.2, 0.25) is 0 Å². The summed E-state index contributed by atoms with van der Waals surface area (Å²) in [7, 11) is 1.32. The molecule has 1 aromatic carbocycles. The first-order chi connectivity index (χ1) is 6.20. The zero-order valence-electron chi connectivity index (χ0n) is 7.08. The number of carbonyl (C=O) groups is 1. The van der Waals surface area contributed by atoms with Crippen molar-refractivity contribution in [3.05, 3.63) is 29.3 Å². The van der Waals surface area contributed by atoms with Crippen molar-refractivity contribution in [3.8, 4) is 5.75 Å². The van der Waals surface area contributed by atoms with Crippen LogP contribution in [0.25, 0.3) is 0 Å². The van der Waals surface area contributed by atoms with E-state index in [1.165, 1.54) is 25.3 Å². The molecule has 1 rings (SSSR count). The van der Waals surface area contributed by atoms with Crippen LogP contribution in [0.4, 0.5) is 4.39 Å². The average Bonchev–Trinajstić information content (AvgIpc) is 2.16. The fraction of sp³-hybridized carbons (Fsp3) is 0.222. The lowest BCUT2D eigenvalue weighted by atomic mass is 10.1. The van der Waals surface area contributed by atoms with Gasteiger partial charge in [-0.1, -0.05) is 12.1 Å². The first kappa shape index (κ1) is 9.51. The van der Waals surface area contributed by atoms with Crippen molar-refractivity contribution in [2.45, 2.75) is 6.67 Å². The van der Waals surface area contributed by atoms with Crippen LogP contribution in [0.15, 0.2) is 18.2 Å². The van der Waals surface area contributed by atoms with Gasteiger partial charge in [-0.2, -0.15) is 0 Å². The first-order valence-electron chi connectivity index (χ1n) is 3.65. The Morgan fingerprint density at radius 1 is 1.62 bits per heavy atom. The molecular formula is C9H9FO3. The summed E-state index contributed by atoms with van der Waals surface area (Å²) in [5.74, 6) is -1.02. The molecule has 0 heterocycles. The second-order valence-corrected chi connectivity index (χ2v) is 2.44. The topological polar surface area (TPSA) is 46.5 Å². The fourth-order valence-electron chi connectivity index (χ4n) is 1.10. The number of hydrogen-bond acceptors (Lipinski definition) is 2. The second kappa shape index (κ2) is 3.89. The molecule has 1 N–H and O–H groups in total. The van der Waals surface area contributed by atoms with Crippen LogP contribution in [-0.2, 0) is 6.67 Å². The van der Waals surface area contributed by atoms with Crippen LogP contribution in [0.3, 0.4) is 0 Å². The molecule has 0 unspecified atom stereocenters. The van der Waals surface area contributed by atoms with E-state index in [2.05, 4.69) is 0 Å². The van der Waals surface area contributed by atoms with Gasteiger partial charge in [0.25, 0.3) is 0 Å². The number of hydrogen-bond donors (Lipinski definition) is 1. The zero-order valence-corrected chi connectivity index (χ0v) is 7.08. The van der Waals surface area contributed by atoms with Crippen LogP contribution < -0.4 is 4.74 Å². The Morgan fingerprint density at radius 3 is 2.77 bits per heavy atom. The molecule has 0 saturated heterocycles. The molecule has 0 aromatic heterocycles. The number of aromatic carboxylic acids is 1. The standard InChI is InChI=1S/C9H9FO3/c1-13-8-6(5-10)3-2-4-7(8)9(11)12/h2-4H,5H2,1H3,(H,11,12). The van der Waals surface area contributed by atoms with Gasteiger partial charge in [0.05, 0.1) is 7.11 Å². The molecule has 70 valence electrons. The molecule has 0 radical (unpaired) electrons. The lowest BCUT2D eigenvalue weighted by Gasteiger charge is -2.07. The van der Waals surface area contributed by atoms with Gasteiger partial charge in [0, 0.05) is 5.56 Å². The number of para-hydroxylation sites is 1. The minimum Gasteiger partial charge on any atom is -0.495 e. The largest absolute Gasteiger partial charge is 0.495 e. The van der Waals surface area contributed by atoms with Crippen molar-refractivity contribution in [1.82, 2.24) is 0 Å². The average molecular weight is 184 g/mol. The molecule has 0 amide bonds. The van der Waals surface area contributed by atoms with Crippen LogP contribution in [0.5, 0.6) is 5.75 Å². The Kier molecular flexibility index (Phi) is 2.84. The van der Waals surface area contributed by atoms with Gasteiger partial charge in [-0.25, -0.2) is 9.18 Å². The van der Waals surface area contributed by atoms with Gasteiger partial charge in [-0.15, -0.1) is 0 Å². The third-order valence-electron chi connectivity index (χ3n) is 1.68. The van der Waals surface area contributed by atoms with E-state index in [9.17, 15) is 9.18 Å². The Morgan fingerprint density at radius 2 is 2.31 bits per heavy atom. The molecule has 0 aliphatic rings. The van der Waals surface area contributed by atoms with Gasteiger partial charge < -0.3 is 9.84 Å². The molecule has 0 saturated carbocycles. The number of benzene rings is 1. The molecule has 4 heteroatoms. The van der Waals surface area contributed by atoms with E-state index in [-0.39, 0.29) is 16.9 Å². The molecule has 0 atom stereocenters. The molecule has 0 aliphatic heterocycles. The highest BCUT2D eigenvalue weighted by atomic mass is 19.1. The molecule has 0 spiro atoms. The van der Waals surface area contributed by atoms with Crippen molar-refractivity contribution in [2.75, 3.05) is 7.11 Å². The molecule has 1 aromatic rings.